The van der Waals surface area contributed by atoms with Crippen LogP contribution in [0.1, 0.15) is 13.8 Å². The van der Waals surface area contributed by atoms with Gasteiger partial charge in [0.1, 0.15) is 0 Å². The Morgan fingerprint density at radius 1 is 1.32 bits per heavy atom. The fourth-order valence-corrected chi connectivity index (χ4v) is 3.60. The van der Waals surface area contributed by atoms with Crippen molar-refractivity contribution in [2.75, 3.05) is 6.61 Å². The molecule has 146 valence electrons. The molecule has 0 bridgehead atoms. The van der Waals surface area contributed by atoms with E-state index >= 15 is 0 Å². The van der Waals surface area contributed by atoms with Gasteiger partial charge in [0.15, 0.2) is 6.61 Å². The predicted octanol–water partition coefficient (Wildman–Crippen LogP) is 3.44. The first-order valence-electron chi connectivity index (χ1n) is 8.68. The number of benzene rings is 1. The lowest BCUT2D eigenvalue weighted by molar-refractivity contribution is -0.123. The average molecular weight is 462 g/mol. The second-order valence-electron chi connectivity index (χ2n) is 6.39. The number of hydrogen-bond donors (Lipinski definition) is 1. The Hall–Kier alpha value is -2.52. The second kappa shape index (κ2) is 9.61. The Labute approximate surface area is 175 Å². The molecule has 0 aliphatic rings. The van der Waals surface area contributed by atoms with Gasteiger partial charge in [-0.3, -0.25) is 9.78 Å². The van der Waals surface area contributed by atoms with Gasteiger partial charge in [-0.05, 0) is 23.6 Å². The molecule has 0 saturated carbocycles. The van der Waals surface area contributed by atoms with Crippen LogP contribution in [0, 0.1) is 5.92 Å². The summed E-state index contributed by atoms with van der Waals surface area (Å²) in [5.41, 5.74) is 4.71. The number of halogens is 1. The molecule has 0 spiro atoms. The van der Waals surface area contributed by atoms with E-state index in [-0.39, 0.29) is 12.5 Å². The minimum absolute atomic E-state index is 0.183. The second-order valence-corrected chi connectivity index (χ2v) is 8.15. The Balaban J connectivity index is 1.76. The standard InChI is InChI=1S/C19H20BrN5O2S/c1-13(2)10-25-16(14-3-5-15(20)6-4-14)12-28-19(25)24-23-17(26)11-27-18-9-21-7-8-22-18/h3-9,12-13H,10-11H2,1-2H3,(H,23,26)/b24-19-. The minimum atomic E-state index is -0.361. The molecule has 1 amide bonds. The van der Waals surface area contributed by atoms with Crippen molar-refractivity contribution in [3.05, 3.63) is 57.5 Å². The monoisotopic (exact) mass is 461 g/mol. The first kappa shape index (κ1) is 20.2. The molecule has 3 aromatic rings. The SMILES string of the molecule is CC(C)Cn1c(-c2ccc(Br)cc2)cs/c1=N\NC(=O)COc1cnccn1. The van der Waals surface area contributed by atoms with E-state index in [1.807, 2.05) is 17.5 Å². The summed E-state index contributed by atoms with van der Waals surface area (Å²) in [5.74, 6) is 0.361. The minimum Gasteiger partial charge on any atom is -0.466 e. The van der Waals surface area contributed by atoms with Crippen LogP contribution >= 0.6 is 27.3 Å². The smallest absolute Gasteiger partial charge is 0.278 e. The molecule has 0 aliphatic heterocycles. The van der Waals surface area contributed by atoms with Gasteiger partial charge >= 0.3 is 0 Å². The van der Waals surface area contributed by atoms with Gasteiger partial charge in [-0.1, -0.05) is 41.9 Å². The van der Waals surface area contributed by atoms with E-state index in [1.165, 1.54) is 29.9 Å². The van der Waals surface area contributed by atoms with Gasteiger partial charge in [0.25, 0.3) is 5.91 Å². The number of thiazole rings is 1. The van der Waals surface area contributed by atoms with Crippen LogP contribution in [0.15, 0.2) is 57.8 Å². The van der Waals surface area contributed by atoms with Gasteiger partial charge in [0, 0.05) is 28.8 Å². The summed E-state index contributed by atoms with van der Waals surface area (Å²) in [7, 11) is 0. The zero-order valence-electron chi connectivity index (χ0n) is 15.5. The predicted molar refractivity (Wildman–Crippen MR) is 112 cm³/mol. The maximum absolute atomic E-state index is 12.0. The highest BCUT2D eigenvalue weighted by molar-refractivity contribution is 9.10. The number of amides is 1. The van der Waals surface area contributed by atoms with Crippen molar-refractivity contribution in [1.29, 1.82) is 0 Å². The number of aromatic nitrogens is 3. The third-order valence-electron chi connectivity index (χ3n) is 3.65. The Morgan fingerprint density at radius 3 is 2.79 bits per heavy atom. The maximum atomic E-state index is 12.0. The third kappa shape index (κ3) is 5.49. The quantitative estimate of drug-likeness (QED) is 0.546. The van der Waals surface area contributed by atoms with Crippen LogP contribution in [0.5, 0.6) is 5.88 Å². The fraction of sp³-hybridized carbons (Fsp3) is 0.263. The van der Waals surface area contributed by atoms with Gasteiger partial charge in [0.05, 0.1) is 11.9 Å². The highest BCUT2D eigenvalue weighted by Crippen LogP contribution is 2.23. The van der Waals surface area contributed by atoms with Crippen LogP contribution < -0.4 is 15.0 Å². The molecule has 3 rings (SSSR count). The molecule has 0 unspecified atom stereocenters. The van der Waals surface area contributed by atoms with Gasteiger partial charge < -0.3 is 9.30 Å². The molecule has 0 atom stereocenters. The van der Waals surface area contributed by atoms with E-state index in [4.69, 9.17) is 4.74 Å². The summed E-state index contributed by atoms with van der Waals surface area (Å²) in [4.78, 5) is 20.6. The van der Waals surface area contributed by atoms with Crippen molar-refractivity contribution >= 4 is 33.2 Å². The van der Waals surface area contributed by atoms with Gasteiger partial charge in [0.2, 0.25) is 10.7 Å². The van der Waals surface area contributed by atoms with E-state index < -0.39 is 0 Å². The molecule has 9 heteroatoms. The summed E-state index contributed by atoms with van der Waals surface area (Å²) in [6.45, 7) is 4.90. The third-order valence-corrected chi connectivity index (χ3v) is 5.04. The Morgan fingerprint density at radius 2 is 2.11 bits per heavy atom. The molecule has 2 aromatic heterocycles. The van der Waals surface area contributed by atoms with Crippen LogP contribution in [-0.2, 0) is 11.3 Å². The number of hydrogen-bond acceptors (Lipinski definition) is 6. The van der Waals surface area contributed by atoms with Crippen molar-refractivity contribution in [3.8, 4) is 17.1 Å². The molecule has 2 heterocycles. The van der Waals surface area contributed by atoms with Gasteiger partial charge in [-0.2, -0.15) is 0 Å². The fourth-order valence-electron chi connectivity index (χ4n) is 2.45. The topological polar surface area (TPSA) is 81.4 Å². The van der Waals surface area contributed by atoms with E-state index in [9.17, 15) is 4.79 Å². The molecule has 0 saturated heterocycles. The Kier molecular flexibility index (Phi) is 6.94. The maximum Gasteiger partial charge on any atom is 0.278 e. The van der Waals surface area contributed by atoms with E-state index in [0.717, 1.165) is 27.1 Å². The van der Waals surface area contributed by atoms with Crippen LogP contribution in [0.3, 0.4) is 0 Å². The average Bonchev–Trinajstić information content (AvgIpc) is 3.08. The van der Waals surface area contributed by atoms with E-state index in [0.29, 0.717) is 11.8 Å². The number of nitrogens with one attached hydrogen (secondary N) is 1. The van der Waals surface area contributed by atoms with Crippen molar-refractivity contribution in [1.82, 2.24) is 20.0 Å². The molecular weight excluding hydrogens is 442 g/mol. The summed E-state index contributed by atoms with van der Waals surface area (Å²) in [5, 5.41) is 6.34. The van der Waals surface area contributed by atoms with Crippen molar-refractivity contribution in [3.63, 3.8) is 0 Å². The zero-order chi connectivity index (χ0) is 19.9. The molecule has 0 fully saturated rings. The van der Waals surface area contributed by atoms with Crippen molar-refractivity contribution in [2.24, 2.45) is 11.0 Å². The number of carbonyl (C=O) groups is 1. The van der Waals surface area contributed by atoms with Gasteiger partial charge in [-0.25, -0.2) is 10.4 Å². The highest BCUT2D eigenvalue weighted by Gasteiger charge is 2.10. The van der Waals surface area contributed by atoms with Crippen molar-refractivity contribution < 1.29 is 9.53 Å². The zero-order valence-corrected chi connectivity index (χ0v) is 17.9. The van der Waals surface area contributed by atoms with E-state index in [2.05, 4.69) is 67.0 Å². The normalized spacial score (nSPS) is 11.6. The lowest BCUT2D eigenvalue weighted by Gasteiger charge is -2.11. The molecule has 0 aliphatic carbocycles. The number of ether oxygens (including phenoxy) is 1. The van der Waals surface area contributed by atoms with Crippen molar-refractivity contribution in [2.45, 2.75) is 20.4 Å². The molecule has 1 N–H and O–H groups in total. The van der Waals surface area contributed by atoms with Gasteiger partial charge in [-0.15, -0.1) is 16.4 Å². The summed E-state index contributed by atoms with van der Waals surface area (Å²) in [6.07, 6.45) is 4.49. The Bertz CT molecular complexity index is 984. The first-order valence-corrected chi connectivity index (χ1v) is 10.4. The summed E-state index contributed by atoms with van der Waals surface area (Å²) in [6, 6.07) is 8.13. The molecule has 1 aromatic carbocycles. The summed E-state index contributed by atoms with van der Waals surface area (Å²) >= 11 is 4.94. The lowest BCUT2D eigenvalue weighted by Crippen LogP contribution is -2.29. The molecule has 28 heavy (non-hydrogen) atoms. The summed E-state index contributed by atoms with van der Waals surface area (Å²) < 4.78 is 8.43. The van der Waals surface area contributed by atoms with Crippen LogP contribution in [0.25, 0.3) is 11.3 Å². The molecule has 0 radical (unpaired) electrons. The van der Waals surface area contributed by atoms with Crippen LogP contribution in [0.2, 0.25) is 0 Å². The molecular formula is C19H20BrN5O2S. The largest absolute Gasteiger partial charge is 0.466 e. The number of carbonyl (C=O) groups excluding carboxylic acids is 1. The number of rotatable bonds is 7. The van der Waals surface area contributed by atoms with E-state index in [1.54, 1.807) is 0 Å². The lowest BCUT2D eigenvalue weighted by atomic mass is 10.1. The molecule has 7 nitrogen and oxygen atoms in total. The first-order chi connectivity index (χ1) is 13.5. The van der Waals surface area contributed by atoms with Crippen LogP contribution in [-0.4, -0.2) is 27.0 Å². The highest BCUT2D eigenvalue weighted by atomic mass is 79.9. The van der Waals surface area contributed by atoms with Crippen LogP contribution in [0.4, 0.5) is 0 Å². The number of nitrogens with zero attached hydrogens (tertiary/aromatic N) is 4.